The lowest BCUT2D eigenvalue weighted by molar-refractivity contribution is 1.09. The van der Waals surface area contributed by atoms with Crippen molar-refractivity contribution < 1.29 is 0 Å². The van der Waals surface area contributed by atoms with Crippen molar-refractivity contribution in [3.05, 3.63) is 0 Å². The zero-order valence-electron chi connectivity index (χ0n) is 4.71. The van der Waals surface area contributed by atoms with Gasteiger partial charge < -0.3 is 0 Å². The molecule has 0 atom stereocenters. The minimum atomic E-state index is 0. The van der Waals surface area contributed by atoms with Crippen LogP contribution in [0.3, 0.4) is 0 Å². The van der Waals surface area contributed by atoms with Crippen molar-refractivity contribution in [3.63, 3.8) is 0 Å². The van der Waals surface area contributed by atoms with Crippen LogP contribution in [0.25, 0.3) is 0 Å². The summed E-state index contributed by atoms with van der Waals surface area (Å²) in [4.78, 5) is 0. The maximum absolute atomic E-state index is 2.12. The lowest BCUT2D eigenvalue weighted by Crippen LogP contribution is -1.27. The maximum Gasteiger partial charge on any atom is -0.0590 e. The molecular formula is C3H16S4. The molecule has 0 unspecified atom stereocenters. The minimum Gasteiger partial charge on any atom is -0.197 e. The van der Waals surface area contributed by atoms with Crippen molar-refractivity contribution in [2.24, 2.45) is 0 Å². The van der Waals surface area contributed by atoms with E-state index in [0.29, 0.717) is 0 Å². The highest BCUT2D eigenvalue weighted by atomic mass is 32.1. The molecule has 0 N–H and O–H groups in total. The second-order valence-electron chi connectivity index (χ2n) is 0.707. The lowest BCUT2D eigenvalue weighted by atomic mass is 10.6. The molecule has 0 aromatic carbocycles. The second-order valence-corrected chi connectivity index (χ2v) is 0.707. The fourth-order valence-electron chi connectivity index (χ4n) is 0. The first kappa shape index (κ1) is 39.8. The van der Waals surface area contributed by atoms with E-state index in [4.69, 9.17) is 0 Å². The molecule has 0 heterocycles. The van der Waals surface area contributed by atoms with Crippen LogP contribution in [-0.4, -0.2) is 0 Å². The van der Waals surface area contributed by atoms with Crippen LogP contribution in [-0.2, 0) is 0 Å². The third-order valence-electron chi connectivity index (χ3n) is 0. The first-order valence-corrected chi connectivity index (χ1v) is 1.41. The van der Waals surface area contributed by atoms with E-state index in [1.165, 1.54) is 6.42 Å². The van der Waals surface area contributed by atoms with Gasteiger partial charge in [-0.15, -0.1) is 0 Å². The van der Waals surface area contributed by atoms with E-state index in [9.17, 15) is 0 Å². The van der Waals surface area contributed by atoms with Gasteiger partial charge in [0, 0.05) is 0 Å². The molecule has 0 fully saturated rings. The molecule has 4 heteroatoms. The molecule has 52 valence electrons. The molecule has 0 nitrogen and oxygen atoms in total. The summed E-state index contributed by atoms with van der Waals surface area (Å²) in [5, 5.41) is 0. The van der Waals surface area contributed by atoms with Crippen LogP contribution >= 0.6 is 54.0 Å². The van der Waals surface area contributed by atoms with Gasteiger partial charge in [-0.25, -0.2) is 0 Å². The third-order valence-corrected chi connectivity index (χ3v) is 0. The third kappa shape index (κ3) is 110. The Morgan fingerprint density at radius 1 is 0.714 bits per heavy atom. The summed E-state index contributed by atoms with van der Waals surface area (Å²) < 4.78 is 0. The predicted molar refractivity (Wildman–Crippen MR) is 57.5 cm³/mol. The molecule has 0 rings (SSSR count). The van der Waals surface area contributed by atoms with Gasteiger partial charge in [0.15, 0.2) is 0 Å². The molecule has 0 aromatic rings. The molecule has 0 aliphatic heterocycles. The van der Waals surface area contributed by atoms with Crippen molar-refractivity contribution in [3.8, 4) is 0 Å². The smallest absolute Gasteiger partial charge is 0.0590 e. The zero-order chi connectivity index (χ0) is 2.71. The zero-order valence-corrected chi connectivity index (χ0v) is 8.71. The van der Waals surface area contributed by atoms with Gasteiger partial charge in [-0.05, 0) is 0 Å². The van der Waals surface area contributed by atoms with Gasteiger partial charge in [0.2, 0.25) is 0 Å². The van der Waals surface area contributed by atoms with Crippen molar-refractivity contribution in [2.45, 2.75) is 20.3 Å². The summed E-state index contributed by atoms with van der Waals surface area (Å²) in [5.41, 5.74) is 0. The quantitative estimate of drug-likeness (QED) is 0.534. The summed E-state index contributed by atoms with van der Waals surface area (Å²) in [5.74, 6) is 0. The molecule has 0 aliphatic rings. The summed E-state index contributed by atoms with van der Waals surface area (Å²) in [6.45, 7) is 4.25. The van der Waals surface area contributed by atoms with E-state index in [1.807, 2.05) is 0 Å². The van der Waals surface area contributed by atoms with Crippen molar-refractivity contribution in [1.29, 1.82) is 0 Å². The van der Waals surface area contributed by atoms with Gasteiger partial charge in [0.1, 0.15) is 0 Å². The average molecular weight is 180 g/mol. The summed E-state index contributed by atoms with van der Waals surface area (Å²) in [7, 11) is 0. The van der Waals surface area contributed by atoms with Crippen molar-refractivity contribution in [1.82, 2.24) is 0 Å². The fraction of sp³-hybridized carbons (Fsp3) is 1.00. The molecule has 7 heavy (non-hydrogen) atoms. The van der Waals surface area contributed by atoms with Crippen LogP contribution in [0.2, 0.25) is 0 Å². The average Bonchev–Trinajstić information content (AvgIpc) is 0.918. The molecule has 0 radical (unpaired) electrons. The Labute approximate surface area is 74.2 Å². The summed E-state index contributed by atoms with van der Waals surface area (Å²) >= 11 is 0. The summed E-state index contributed by atoms with van der Waals surface area (Å²) in [6, 6.07) is 0. The molecule has 0 aromatic heterocycles. The van der Waals surface area contributed by atoms with Crippen LogP contribution < -0.4 is 0 Å². The first-order valence-electron chi connectivity index (χ1n) is 1.41. The SMILES string of the molecule is CCC.S.S.S.S. The van der Waals surface area contributed by atoms with Gasteiger partial charge >= 0.3 is 0 Å². The lowest BCUT2D eigenvalue weighted by Gasteiger charge is -1.48. The molecule has 0 spiro atoms. The predicted octanol–water partition coefficient (Wildman–Crippen LogP) is 1.87. The van der Waals surface area contributed by atoms with E-state index in [0.717, 1.165) is 0 Å². The Hall–Kier alpha value is 1.40. The Kier molecular flexibility index (Phi) is 299. The van der Waals surface area contributed by atoms with E-state index in [2.05, 4.69) is 13.8 Å². The van der Waals surface area contributed by atoms with Crippen LogP contribution in [0.15, 0.2) is 0 Å². The topological polar surface area (TPSA) is 0 Å². The van der Waals surface area contributed by atoms with Gasteiger partial charge in [-0.2, -0.15) is 54.0 Å². The van der Waals surface area contributed by atoms with E-state index in [1.54, 1.807) is 0 Å². The van der Waals surface area contributed by atoms with E-state index < -0.39 is 0 Å². The number of hydrogen-bond donors (Lipinski definition) is 0. The minimum absolute atomic E-state index is 0. The molecule has 0 saturated heterocycles. The largest absolute Gasteiger partial charge is 0.197 e. The first-order chi connectivity index (χ1) is 1.41. The van der Waals surface area contributed by atoms with Gasteiger partial charge in [-0.3, -0.25) is 0 Å². The summed E-state index contributed by atoms with van der Waals surface area (Å²) in [6.07, 6.45) is 1.25. The number of rotatable bonds is 0. The van der Waals surface area contributed by atoms with Gasteiger partial charge in [0.25, 0.3) is 0 Å². The van der Waals surface area contributed by atoms with Crippen LogP contribution in [0.4, 0.5) is 0 Å². The molecule has 0 aliphatic carbocycles. The van der Waals surface area contributed by atoms with Gasteiger partial charge in [-0.1, -0.05) is 20.3 Å². The number of hydrogen-bond acceptors (Lipinski definition) is 0. The van der Waals surface area contributed by atoms with Crippen molar-refractivity contribution >= 4 is 54.0 Å². The molecule has 0 bridgehead atoms. The fourth-order valence-corrected chi connectivity index (χ4v) is 0. The highest BCUT2D eigenvalue weighted by molar-refractivity contribution is 7.59. The van der Waals surface area contributed by atoms with E-state index >= 15 is 0 Å². The molecule has 0 amide bonds. The van der Waals surface area contributed by atoms with Crippen LogP contribution in [0.5, 0.6) is 0 Å². The Morgan fingerprint density at radius 3 is 0.714 bits per heavy atom. The standard InChI is InChI=1S/C3H8.4H2S/c1-3-2;;;;/h3H2,1-2H3;4*1H2. The Bertz CT molecular complexity index is 6.90. The Balaban J connectivity index is -0.00000000333. The highest BCUT2D eigenvalue weighted by Gasteiger charge is 1.35. The van der Waals surface area contributed by atoms with Crippen LogP contribution in [0, 0.1) is 0 Å². The van der Waals surface area contributed by atoms with Crippen LogP contribution in [0.1, 0.15) is 20.3 Å². The maximum atomic E-state index is 2.12. The molecule has 0 saturated carbocycles. The molecular weight excluding hydrogens is 164 g/mol. The monoisotopic (exact) mass is 180 g/mol. The van der Waals surface area contributed by atoms with E-state index in [-0.39, 0.29) is 54.0 Å². The second kappa shape index (κ2) is 52.6. The van der Waals surface area contributed by atoms with Crippen molar-refractivity contribution in [2.75, 3.05) is 0 Å². The Morgan fingerprint density at radius 2 is 0.714 bits per heavy atom. The van der Waals surface area contributed by atoms with Gasteiger partial charge in [0.05, 0.1) is 0 Å². The highest BCUT2D eigenvalue weighted by Crippen LogP contribution is 1.56. The normalized spacial score (nSPS) is 2.57.